The zero-order valence-electron chi connectivity index (χ0n) is 21.4. The molecule has 1 atom stereocenters. The highest BCUT2D eigenvalue weighted by atomic mass is 32.2. The first-order chi connectivity index (χ1) is 17.5. The van der Waals surface area contributed by atoms with Crippen LogP contribution in [0.4, 0.5) is 0 Å². The lowest BCUT2D eigenvalue weighted by molar-refractivity contribution is -0.139. The number of carbonyl (C=O) groups is 2. The van der Waals surface area contributed by atoms with E-state index in [9.17, 15) is 9.59 Å². The molecule has 0 fully saturated rings. The third kappa shape index (κ3) is 8.76. The molecule has 3 rings (SSSR count). The predicted molar refractivity (Wildman–Crippen MR) is 148 cm³/mol. The predicted octanol–water partition coefficient (Wildman–Crippen LogP) is 5.34. The highest BCUT2D eigenvalue weighted by molar-refractivity contribution is 7.99. The molecule has 0 saturated carbocycles. The van der Waals surface area contributed by atoms with E-state index in [0.29, 0.717) is 36.9 Å². The number of nitrogens with zero attached hydrogens (tertiary/aromatic N) is 1. The molecule has 0 unspecified atom stereocenters. The van der Waals surface area contributed by atoms with E-state index in [1.807, 2.05) is 84.9 Å². The molecule has 0 aliphatic carbocycles. The number of hydrogen-bond acceptors (Lipinski definition) is 4. The summed E-state index contributed by atoms with van der Waals surface area (Å²) in [5, 5.41) is 3.06. The van der Waals surface area contributed by atoms with Crippen LogP contribution < -0.4 is 10.1 Å². The van der Waals surface area contributed by atoms with Gasteiger partial charge in [-0.15, -0.1) is 11.8 Å². The van der Waals surface area contributed by atoms with E-state index in [1.54, 1.807) is 23.8 Å². The summed E-state index contributed by atoms with van der Waals surface area (Å²) in [5.74, 6) is 1.98. The van der Waals surface area contributed by atoms with Gasteiger partial charge in [-0.2, -0.15) is 0 Å². The molecule has 1 N–H and O–H groups in total. The molecule has 0 radical (unpaired) electrons. The molecule has 5 nitrogen and oxygen atoms in total. The van der Waals surface area contributed by atoms with Crippen LogP contribution >= 0.6 is 11.8 Å². The van der Waals surface area contributed by atoms with Crippen molar-refractivity contribution in [1.82, 2.24) is 10.2 Å². The highest BCUT2D eigenvalue weighted by Gasteiger charge is 2.30. The summed E-state index contributed by atoms with van der Waals surface area (Å²) < 4.78 is 5.23. The Labute approximate surface area is 219 Å². The van der Waals surface area contributed by atoms with E-state index < -0.39 is 6.04 Å². The van der Waals surface area contributed by atoms with Crippen molar-refractivity contribution in [2.45, 2.75) is 38.6 Å². The van der Waals surface area contributed by atoms with Gasteiger partial charge in [0.15, 0.2) is 0 Å². The van der Waals surface area contributed by atoms with Crippen molar-refractivity contribution in [3.63, 3.8) is 0 Å². The van der Waals surface area contributed by atoms with Crippen LogP contribution in [0.3, 0.4) is 0 Å². The van der Waals surface area contributed by atoms with E-state index in [-0.39, 0.29) is 11.8 Å². The number of rotatable bonds is 13. The Morgan fingerprint density at radius 2 is 1.47 bits per heavy atom. The molecule has 0 heterocycles. The summed E-state index contributed by atoms with van der Waals surface area (Å²) in [4.78, 5) is 28.8. The van der Waals surface area contributed by atoms with Crippen molar-refractivity contribution >= 4 is 23.6 Å². The highest BCUT2D eigenvalue weighted by Crippen LogP contribution is 2.20. The van der Waals surface area contributed by atoms with Crippen LogP contribution in [-0.2, 0) is 28.3 Å². The van der Waals surface area contributed by atoms with E-state index in [1.165, 1.54) is 0 Å². The molecular weight excluding hydrogens is 468 g/mol. The molecule has 36 heavy (non-hydrogen) atoms. The van der Waals surface area contributed by atoms with Gasteiger partial charge in [-0.1, -0.05) is 86.6 Å². The van der Waals surface area contributed by atoms with Crippen LogP contribution in [0, 0.1) is 5.92 Å². The Morgan fingerprint density at radius 3 is 2.06 bits per heavy atom. The van der Waals surface area contributed by atoms with Crippen molar-refractivity contribution < 1.29 is 14.3 Å². The monoisotopic (exact) mass is 504 g/mol. The number of nitrogens with one attached hydrogen (secondary N) is 1. The summed E-state index contributed by atoms with van der Waals surface area (Å²) in [6.45, 7) is 5.09. The number of methoxy groups -OCH3 is 1. The molecule has 0 spiro atoms. The van der Waals surface area contributed by atoms with Crippen LogP contribution in [0.15, 0.2) is 84.9 Å². The maximum Gasteiger partial charge on any atom is 0.243 e. The molecule has 0 aliphatic rings. The van der Waals surface area contributed by atoms with Gasteiger partial charge in [0.05, 0.1) is 12.9 Å². The average Bonchev–Trinajstić information content (AvgIpc) is 2.90. The quantitative estimate of drug-likeness (QED) is 0.341. The lowest BCUT2D eigenvalue weighted by atomic mass is 10.0. The van der Waals surface area contributed by atoms with Gasteiger partial charge in [-0.3, -0.25) is 9.59 Å². The van der Waals surface area contributed by atoms with Crippen molar-refractivity contribution in [3.8, 4) is 5.75 Å². The summed E-state index contributed by atoms with van der Waals surface area (Å²) in [6, 6.07) is 27.0. The maximum absolute atomic E-state index is 13.6. The Bertz CT molecular complexity index is 1070. The van der Waals surface area contributed by atoms with Gasteiger partial charge in [0, 0.05) is 25.3 Å². The van der Waals surface area contributed by atoms with Crippen LogP contribution in [0.2, 0.25) is 0 Å². The number of benzene rings is 3. The van der Waals surface area contributed by atoms with Crippen molar-refractivity contribution in [2.24, 2.45) is 5.92 Å². The fourth-order valence-electron chi connectivity index (χ4n) is 3.82. The molecule has 6 heteroatoms. The lowest BCUT2D eigenvalue weighted by Crippen LogP contribution is -2.51. The van der Waals surface area contributed by atoms with E-state index in [2.05, 4.69) is 19.2 Å². The zero-order valence-corrected chi connectivity index (χ0v) is 22.2. The molecule has 0 saturated heterocycles. The van der Waals surface area contributed by atoms with Gasteiger partial charge in [0.2, 0.25) is 11.8 Å². The summed E-state index contributed by atoms with van der Waals surface area (Å²) in [5.41, 5.74) is 3.15. The second kappa shape index (κ2) is 14.3. The van der Waals surface area contributed by atoms with Crippen LogP contribution in [0.1, 0.15) is 30.5 Å². The Balaban J connectivity index is 1.79. The SMILES string of the molecule is COc1ccc(CSCC(=O)N(Cc2ccccc2)[C@@H](Cc2ccccc2)C(=O)NCC(C)C)cc1. The second-order valence-electron chi connectivity index (χ2n) is 9.19. The van der Waals surface area contributed by atoms with E-state index in [4.69, 9.17) is 4.74 Å². The minimum Gasteiger partial charge on any atom is -0.497 e. The Morgan fingerprint density at radius 1 is 0.861 bits per heavy atom. The summed E-state index contributed by atoms with van der Waals surface area (Å²) >= 11 is 1.56. The van der Waals surface area contributed by atoms with Gasteiger partial charge in [0.25, 0.3) is 0 Å². The number of thioether (sulfide) groups is 1. The topological polar surface area (TPSA) is 58.6 Å². The first-order valence-corrected chi connectivity index (χ1v) is 13.5. The standard InChI is InChI=1S/C30H36N2O3S/c1-23(2)19-31-30(34)28(18-24-10-6-4-7-11-24)32(20-25-12-8-5-9-13-25)29(33)22-36-21-26-14-16-27(35-3)17-15-26/h4-17,23,28H,18-22H2,1-3H3,(H,31,34)/t28-/m0/s1. The minimum absolute atomic E-state index is 0.0435. The summed E-state index contributed by atoms with van der Waals surface area (Å²) in [7, 11) is 1.65. The van der Waals surface area contributed by atoms with Gasteiger partial charge >= 0.3 is 0 Å². The third-order valence-electron chi connectivity index (χ3n) is 5.80. The third-order valence-corrected chi connectivity index (χ3v) is 6.79. The van der Waals surface area contributed by atoms with Gasteiger partial charge < -0.3 is 15.0 Å². The largest absolute Gasteiger partial charge is 0.497 e. The first-order valence-electron chi connectivity index (χ1n) is 12.3. The second-order valence-corrected chi connectivity index (χ2v) is 10.2. The fourth-order valence-corrected chi connectivity index (χ4v) is 4.69. The van der Waals surface area contributed by atoms with Crippen molar-refractivity contribution in [1.29, 1.82) is 0 Å². The summed E-state index contributed by atoms with van der Waals surface area (Å²) in [6.07, 6.45) is 0.465. The van der Waals surface area contributed by atoms with E-state index >= 15 is 0 Å². The number of carbonyl (C=O) groups excluding carboxylic acids is 2. The first kappa shape index (κ1) is 27.3. The number of amides is 2. The Kier molecular flexibility index (Phi) is 10.9. The molecular formula is C30H36N2O3S. The normalized spacial score (nSPS) is 11.7. The van der Waals surface area contributed by atoms with Gasteiger partial charge in [-0.05, 0) is 34.7 Å². The maximum atomic E-state index is 13.6. The van der Waals surface area contributed by atoms with Crippen molar-refractivity contribution in [3.05, 3.63) is 102 Å². The van der Waals surface area contributed by atoms with Crippen LogP contribution in [-0.4, -0.2) is 42.2 Å². The smallest absolute Gasteiger partial charge is 0.243 e. The van der Waals surface area contributed by atoms with E-state index in [0.717, 1.165) is 22.4 Å². The molecule has 0 aromatic heterocycles. The zero-order chi connectivity index (χ0) is 25.8. The Hall–Kier alpha value is -3.25. The fraction of sp³-hybridized carbons (Fsp3) is 0.333. The average molecular weight is 505 g/mol. The number of ether oxygens (including phenoxy) is 1. The van der Waals surface area contributed by atoms with Crippen LogP contribution in [0.5, 0.6) is 5.75 Å². The van der Waals surface area contributed by atoms with Crippen molar-refractivity contribution in [2.75, 3.05) is 19.4 Å². The van der Waals surface area contributed by atoms with Gasteiger partial charge in [0.1, 0.15) is 11.8 Å². The molecule has 2 amide bonds. The minimum atomic E-state index is -0.597. The van der Waals surface area contributed by atoms with Gasteiger partial charge in [-0.25, -0.2) is 0 Å². The molecule has 3 aromatic rings. The van der Waals surface area contributed by atoms with Crippen LogP contribution in [0.25, 0.3) is 0 Å². The molecule has 0 aliphatic heterocycles. The lowest BCUT2D eigenvalue weighted by Gasteiger charge is -2.31. The molecule has 190 valence electrons. The number of hydrogen-bond donors (Lipinski definition) is 1. The molecule has 0 bridgehead atoms. The molecule has 3 aromatic carbocycles.